The Bertz CT molecular complexity index is 1120. The summed E-state index contributed by atoms with van der Waals surface area (Å²) in [6.07, 6.45) is 4.70. The second-order valence-corrected chi connectivity index (χ2v) is 9.36. The van der Waals surface area contributed by atoms with Crippen molar-refractivity contribution in [3.05, 3.63) is 41.2 Å². The summed E-state index contributed by atoms with van der Waals surface area (Å²) in [5, 5.41) is 10.3. The van der Waals surface area contributed by atoms with Gasteiger partial charge in [0.05, 0.1) is 20.8 Å². The standard InChI is InChI=1S/C25H33N5O5/c1-25(24(33)27-17-7-5-6-8-17)15-30-19(23(32)29(25)2)14-18(28-30)22(31)26-12-11-16-9-10-20(34-3)21(13-16)35-4/h9-10,13-14,17H,5-8,11-12,15H2,1-4H3,(H,26,31)(H,27,33). The van der Waals surface area contributed by atoms with E-state index < -0.39 is 5.54 Å². The molecular formula is C25H33N5O5. The minimum absolute atomic E-state index is 0.147. The number of hydrogen-bond donors (Lipinski definition) is 2. The fourth-order valence-corrected chi connectivity index (χ4v) is 4.70. The first-order chi connectivity index (χ1) is 16.8. The highest BCUT2D eigenvalue weighted by molar-refractivity contribution is 6.01. The van der Waals surface area contributed by atoms with Crippen molar-refractivity contribution >= 4 is 17.7 Å². The summed E-state index contributed by atoms with van der Waals surface area (Å²) in [6.45, 7) is 2.30. The van der Waals surface area contributed by atoms with Crippen LogP contribution in [0.5, 0.6) is 11.5 Å². The van der Waals surface area contributed by atoms with Crippen molar-refractivity contribution in [2.75, 3.05) is 27.8 Å². The summed E-state index contributed by atoms with van der Waals surface area (Å²) >= 11 is 0. The smallest absolute Gasteiger partial charge is 0.272 e. The molecule has 3 amide bonds. The number of carbonyl (C=O) groups excluding carboxylic acids is 3. The monoisotopic (exact) mass is 483 g/mol. The third kappa shape index (κ3) is 4.82. The number of amides is 3. The highest BCUT2D eigenvalue weighted by atomic mass is 16.5. The van der Waals surface area contributed by atoms with Crippen LogP contribution < -0.4 is 20.1 Å². The SMILES string of the molecule is COc1ccc(CCNC(=O)c2cc3n(n2)CC(C)(C(=O)NC2CCCC2)N(C)C3=O)cc1OC. The van der Waals surface area contributed by atoms with E-state index in [-0.39, 0.29) is 36.0 Å². The van der Waals surface area contributed by atoms with E-state index in [0.29, 0.717) is 30.2 Å². The van der Waals surface area contributed by atoms with E-state index in [9.17, 15) is 14.4 Å². The Morgan fingerprint density at radius 1 is 1.14 bits per heavy atom. The quantitative estimate of drug-likeness (QED) is 0.592. The molecule has 1 aromatic heterocycles. The van der Waals surface area contributed by atoms with E-state index in [1.54, 1.807) is 28.2 Å². The lowest BCUT2D eigenvalue weighted by atomic mass is 9.95. The van der Waals surface area contributed by atoms with Crippen LogP contribution >= 0.6 is 0 Å². The van der Waals surface area contributed by atoms with Crippen molar-refractivity contribution in [2.45, 2.75) is 57.2 Å². The van der Waals surface area contributed by atoms with E-state index in [2.05, 4.69) is 15.7 Å². The maximum Gasteiger partial charge on any atom is 0.272 e. The van der Waals surface area contributed by atoms with Gasteiger partial charge >= 0.3 is 0 Å². The Balaban J connectivity index is 1.41. The molecule has 4 rings (SSSR count). The molecule has 0 radical (unpaired) electrons. The Kier molecular flexibility index (Phi) is 7.00. The molecule has 2 aliphatic rings. The average Bonchev–Trinajstić information content (AvgIpc) is 3.52. The minimum Gasteiger partial charge on any atom is -0.493 e. The Hall–Kier alpha value is -3.56. The number of nitrogens with zero attached hydrogens (tertiary/aromatic N) is 3. The van der Waals surface area contributed by atoms with Crippen molar-refractivity contribution < 1.29 is 23.9 Å². The van der Waals surface area contributed by atoms with Crippen molar-refractivity contribution in [2.24, 2.45) is 0 Å². The first kappa shape index (κ1) is 24.6. The lowest BCUT2D eigenvalue weighted by molar-refractivity contribution is -0.133. The second kappa shape index (κ2) is 9.97. The first-order valence-electron chi connectivity index (χ1n) is 11.9. The van der Waals surface area contributed by atoms with Gasteiger partial charge in [-0.15, -0.1) is 0 Å². The van der Waals surface area contributed by atoms with Crippen molar-refractivity contribution in [3.63, 3.8) is 0 Å². The molecule has 2 N–H and O–H groups in total. The first-order valence-corrected chi connectivity index (χ1v) is 11.9. The lowest BCUT2D eigenvalue weighted by Gasteiger charge is -2.41. The maximum atomic E-state index is 13.1. The summed E-state index contributed by atoms with van der Waals surface area (Å²) in [6, 6.07) is 7.23. The number of likely N-dealkylation sites (N-methyl/N-ethyl adjacent to an activating group) is 1. The zero-order valence-corrected chi connectivity index (χ0v) is 20.7. The molecule has 0 saturated heterocycles. The summed E-state index contributed by atoms with van der Waals surface area (Å²) in [5.74, 6) is 0.364. The molecule has 1 atom stereocenters. The fraction of sp³-hybridized carbons (Fsp3) is 0.520. The van der Waals surface area contributed by atoms with Gasteiger partial charge in [0.15, 0.2) is 17.2 Å². The van der Waals surface area contributed by atoms with Crippen LogP contribution in [0.2, 0.25) is 0 Å². The van der Waals surface area contributed by atoms with Gasteiger partial charge in [0.1, 0.15) is 11.2 Å². The number of hydrogen-bond acceptors (Lipinski definition) is 6. The molecule has 10 heteroatoms. The number of ether oxygens (including phenoxy) is 2. The predicted molar refractivity (Wildman–Crippen MR) is 129 cm³/mol. The summed E-state index contributed by atoms with van der Waals surface area (Å²) in [5.41, 5.74) is 0.339. The van der Waals surface area contributed by atoms with Gasteiger partial charge in [0, 0.05) is 25.7 Å². The molecule has 2 aromatic rings. The molecule has 0 bridgehead atoms. The largest absolute Gasteiger partial charge is 0.493 e. The Labute approximate surface area is 204 Å². The van der Waals surface area contributed by atoms with Crippen molar-refractivity contribution in [3.8, 4) is 11.5 Å². The average molecular weight is 484 g/mol. The fourth-order valence-electron chi connectivity index (χ4n) is 4.70. The van der Waals surface area contributed by atoms with Crippen LogP contribution in [0.3, 0.4) is 0 Å². The highest BCUT2D eigenvalue weighted by Gasteiger charge is 2.46. The molecule has 1 saturated carbocycles. The summed E-state index contributed by atoms with van der Waals surface area (Å²) in [7, 11) is 4.78. The third-order valence-corrected chi connectivity index (χ3v) is 7.06. The molecule has 1 aromatic carbocycles. The molecule has 1 aliphatic heterocycles. The van der Waals surface area contributed by atoms with Gasteiger partial charge in [-0.25, -0.2) is 0 Å². The van der Waals surface area contributed by atoms with E-state index in [1.165, 1.54) is 15.6 Å². The normalized spacial score (nSPS) is 19.9. The van der Waals surface area contributed by atoms with Gasteiger partial charge in [-0.1, -0.05) is 18.9 Å². The van der Waals surface area contributed by atoms with Crippen LogP contribution in [0.4, 0.5) is 0 Å². The van der Waals surface area contributed by atoms with Crippen LogP contribution in [0.1, 0.15) is 59.1 Å². The number of nitrogens with one attached hydrogen (secondary N) is 2. The molecular weight excluding hydrogens is 450 g/mol. The molecule has 1 unspecified atom stereocenters. The second-order valence-electron chi connectivity index (χ2n) is 9.36. The molecule has 1 aliphatic carbocycles. The number of aromatic nitrogens is 2. The van der Waals surface area contributed by atoms with E-state index in [0.717, 1.165) is 31.2 Å². The maximum absolute atomic E-state index is 13.1. The van der Waals surface area contributed by atoms with Gasteiger partial charge < -0.3 is 25.0 Å². The number of fused-ring (bicyclic) bond motifs is 1. The van der Waals surface area contributed by atoms with Crippen molar-refractivity contribution in [1.82, 2.24) is 25.3 Å². The highest BCUT2D eigenvalue weighted by Crippen LogP contribution is 2.28. The van der Waals surface area contributed by atoms with Gasteiger partial charge in [0.25, 0.3) is 11.8 Å². The lowest BCUT2D eigenvalue weighted by Crippen LogP contribution is -2.63. The third-order valence-electron chi connectivity index (χ3n) is 7.06. The van der Waals surface area contributed by atoms with Crippen molar-refractivity contribution in [1.29, 1.82) is 0 Å². The number of methoxy groups -OCH3 is 2. The zero-order chi connectivity index (χ0) is 25.2. The van der Waals surface area contributed by atoms with Crippen LogP contribution in [0, 0.1) is 0 Å². The molecule has 2 heterocycles. The van der Waals surface area contributed by atoms with Gasteiger partial charge in [-0.2, -0.15) is 5.10 Å². The molecule has 1 fully saturated rings. The topological polar surface area (TPSA) is 115 Å². The Morgan fingerprint density at radius 2 is 1.86 bits per heavy atom. The predicted octanol–water partition coefficient (Wildman–Crippen LogP) is 1.78. The van der Waals surface area contributed by atoms with Gasteiger partial charge in [0.2, 0.25) is 5.91 Å². The summed E-state index contributed by atoms with van der Waals surface area (Å²) in [4.78, 5) is 40.4. The Morgan fingerprint density at radius 3 is 2.54 bits per heavy atom. The number of benzene rings is 1. The van der Waals surface area contributed by atoms with E-state index in [1.807, 2.05) is 18.2 Å². The number of carbonyl (C=O) groups is 3. The van der Waals surface area contributed by atoms with Crippen LogP contribution in [-0.4, -0.2) is 71.8 Å². The number of rotatable bonds is 8. The molecule has 188 valence electrons. The van der Waals surface area contributed by atoms with E-state index >= 15 is 0 Å². The summed E-state index contributed by atoms with van der Waals surface area (Å²) < 4.78 is 12.0. The zero-order valence-electron chi connectivity index (χ0n) is 20.7. The van der Waals surface area contributed by atoms with Gasteiger partial charge in [-0.3, -0.25) is 19.1 Å². The van der Waals surface area contributed by atoms with Crippen LogP contribution in [0.15, 0.2) is 24.3 Å². The van der Waals surface area contributed by atoms with E-state index in [4.69, 9.17) is 9.47 Å². The minimum atomic E-state index is -1.08. The van der Waals surface area contributed by atoms with Crippen LogP contribution in [-0.2, 0) is 17.8 Å². The molecule has 35 heavy (non-hydrogen) atoms. The van der Waals surface area contributed by atoms with Crippen LogP contribution in [0.25, 0.3) is 0 Å². The van der Waals surface area contributed by atoms with Gasteiger partial charge in [-0.05, 0) is 43.9 Å². The molecule has 0 spiro atoms. The molecule has 10 nitrogen and oxygen atoms in total.